The molecule has 0 bridgehead atoms. The van der Waals surface area contributed by atoms with E-state index < -0.39 is 0 Å². The summed E-state index contributed by atoms with van der Waals surface area (Å²) in [6.07, 6.45) is 3.23. The maximum Gasteiger partial charge on any atom is 0.180 e. The van der Waals surface area contributed by atoms with E-state index in [-0.39, 0.29) is 11.8 Å². The van der Waals surface area contributed by atoms with Crippen LogP contribution in [-0.4, -0.2) is 29.8 Å². The Morgan fingerprint density at radius 2 is 2.00 bits per heavy atom. The summed E-state index contributed by atoms with van der Waals surface area (Å²) in [7, 11) is 0. The third-order valence-electron chi connectivity index (χ3n) is 3.67. The molecule has 2 nitrogen and oxygen atoms in total. The molecule has 0 spiro atoms. The molecule has 2 aliphatic rings. The minimum absolute atomic E-state index is 0.0531. The molecule has 1 aromatic carbocycles. The van der Waals surface area contributed by atoms with Crippen molar-refractivity contribution in [3.8, 4) is 0 Å². The summed E-state index contributed by atoms with van der Waals surface area (Å²) in [5.74, 6) is 0.263. The fraction of sp³-hybridized carbons (Fsp3) is 0.462. The Balaban J connectivity index is 1.94. The number of rotatable bonds is 1. The molecule has 1 aliphatic heterocycles. The van der Waals surface area contributed by atoms with Gasteiger partial charge in [0.1, 0.15) is 0 Å². The highest BCUT2D eigenvalue weighted by Crippen LogP contribution is 2.32. The van der Waals surface area contributed by atoms with Crippen LogP contribution >= 0.6 is 11.6 Å². The molecule has 0 amide bonds. The predicted octanol–water partition coefficient (Wildman–Crippen LogP) is 2.54. The Kier molecular flexibility index (Phi) is 2.49. The highest BCUT2D eigenvalue weighted by molar-refractivity contribution is 6.32. The highest BCUT2D eigenvalue weighted by atomic mass is 35.5. The number of hydrogen-bond donors (Lipinski definition) is 0. The van der Waals surface area contributed by atoms with E-state index in [2.05, 4.69) is 4.90 Å². The van der Waals surface area contributed by atoms with Gasteiger partial charge < -0.3 is 0 Å². The summed E-state index contributed by atoms with van der Waals surface area (Å²) in [6, 6.07) is 5.70. The SMILES string of the molecule is O=C1c2cccc(Cl)c2CC1N1CCCC1. The molecule has 84 valence electrons. The molecular weight excluding hydrogens is 222 g/mol. The number of halogens is 1. The van der Waals surface area contributed by atoms with Gasteiger partial charge in [-0.25, -0.2) is 0 Å². The van der Waals surface area contributed by atoms with E-state index in [1.54, 1.807) is 0 Å². The zero-order chi connectivity index (χ0) is 11.1. The average Bonchev–Trinajstić information content (AvgIpc) is 2.88. The molecule has 1 atom stereocenters. The molecule has 1 heterocycles. The molecule has 0 saturated carbocycles. The Hall–Kier alpha value is -0.860. The van der Waals surface area contributed by atoms with Gasteiger partial charge in [-0.15, -0.1) is 0 Å². The van der Waals surface area contributed by atoms with Crippen LogP contribution in [0.2, 0.25) is 5.02 Å². The molecule has 1 unspecified atom stereocenters. The van der Waals surface area contributed by atoms with Crippen LogP contribution in [0.4, 0.5) is 0 Å². The number of fused-ring (bicyclic) bond motifs is 1. The lowest BCUT2D eigenvalue weighted by molar-refractivity contribution is 0.0872. The summed E-state index contributed by atoms with van der Waals surface area (Å²) in [4.78, 5) is 14.5. The molecule has 0 N–H and O–H groups in total. The highest BCUT2D eigenvalue weighted by Gasteiger charge is 2.36. The van der Waals surface area contributed by atoms with Crippen molar-refractivity contribution in [1.29, 1.82) is 0 Å². The predicted molar refractivity (Wildman–Crippen MR) is 64.1 cm³/mol. The minimum Gasteiger partial charge on any atom is -0.293 e. The zero-order valence-corrected chi connectivity index (χ0v) is 9.83. The van der Waals surface area contributed by atoms with Crippen LogP contribution < -0.4 is 0 Å². The number of benzene rings is 1. The second kappa shape index (κ2) is 3.86. The molecule has 1 aromatic rings. The van der Waals surface area contributed by atoms with Gasteiger partial charge in [-0.05, 0) is 44.0 Å². The molecule has 3 heteroatoms. The third kappa shape index (κ3) is 1.48. The normalized spacial score (nSPS) is 25.1. The van der Waals surface area contributed by atoms with Crippen molar-refractivity contribution in [3.63, 3.8) is 0 Å². The summed E-state index contributed by atoms with van der Waals surface area (Å²) in [5.41, 5.74) is 1.88. The van der Waals surface area contributed by atoms with Crippen LogP contribution in [0.25, 0.3) is 0 Å². The fourth-order valence-electron chi connectivity index (χ4n) is 2.81. The van der Waals surface area contributed by atoms with Crippen LogP contribution in [0.15, 0.2) is 18.2 Å². The topological polar surface area (TPSA) is 20.3 Å². The van der Waals surface area contributed by atoms with Crippen LogP contribution in [0.3, 0.4) is 0 Å². The maximum absolute atomic E-state index is 12.2. The Morgan fingerprint density at radius 3 is 2.69 bits per heavy atom. The second-order valence-corrected chi connectivity index (χ2v) is 5.00. The lowest BCUT2D eigenvalue weighted by Crippen LogP contribution is -2.37. The van der Waals surface area contributed by atoms with E-state index >= 15 is 0 Å². The van der Waals surface area contributed by atoms with E-state index in [1.807, 2.05) is 18.2 Å². The largest absolute Gasteiger partial charge is 0.293 e. The van der Waals surface area contributed by atoms with Gasteiger partial charge in [-0.2, -0.15) is 0 Å². The molecule has 1 aliphatic carbocycles. The lowest BCUT2D eigenvalue weighted by Gasteiger charge is -2.21. The molecule has 0 radical (unpaired) electrons. The van der Waals surface area contributed by atoms with Crippen LogP contribution in [0.1, 0.15) is 28.8 Å². The number of Topliss-reactive ketones (excluding diaryl/α,β-unsaturated/α-hetero) is 1. The number of carbonyl (C=O) groups is 1. The first-order chi connectivity index (χ1) is 7.77. The van der Waals surface area contributed by atoms with Gasteiger partial charge in [-0.3, -0.25) is 9.69 Å². The van der Waals surface area contributed by atoms with Crippen molar-refractivity contribution in [2.24, 2.45) is 0 Å². The van der Waals surface area contributed by atoms with Gasteiger partial charge in [0.15, 0.2) is 5.78 Å². The fourth-order valence-corrected chi connectivity index (χ4v) is 3.06. The summed E-state index contributed by atoms with van der Waals surface area (Å²) in [5, 5.41) is 0.743. The van der Waals surface area contributed by atoms with Crippen LogP contribution in [0, 0.1) is 0 Å². The summed E-state index contributed by atoms with van der Waals surface area (Å²) < 4.78 is 0. The van der Waals surface area contributed by atoms with Gasteiger partial charge in [0.05, 0.1) is 6.04 Å². The van der Waals surface area contributed by atoms with Crippen molar-refractivity contribution in [3.05, 3.63) is 34.3 Å². The number of likely N-dealkylation sites (tertiary alicyclic amines) is 1. The summed E-state index contributed by atoms with van der Waals surface area (Å²) in [6.45, 7) is 2.12. The minimum atomic E-state index is 0.0531. The van der Waals surface area contributed by atoms with Gasteiger partial charge in [0, 0.05) is 10.6 Å². The van der Waals surface area contributed by atoms with E-state index in [0.29, 0.717) is 0 Å². The molecule has 0 aromatic heterocycles. The number of nitrogens with zero attached hydrogens (tertiary/aromatic N) is 1. The van der Waals surface area contributed by atoms with Gasteiger partial charge in [0.25, 0.3) is 0 Å². The van der Waals surface area contributed by atoms with E-state index in [9.17, 15) is 4.79 Å². The first-order valence-corrected chi connectivity index (χ1v) is 6.21. The Labute approximate surface area is 100 Å². The smallest absolute Gasteiger partial charge is 0.180 e. The maximum atomic E-state index is 12.2. The monoisotopic (exact) mass is 235 g/mol. The van der Waals surface area contributed by atoms with Crippen molar-refractivity contribution >= 4 is 17.4 Å². The Morgan fingerprint density at radius 1 is 1.25 bits per heavy atom. The quantitative estimate of drug-likeness (QED) is 0.746. The van der Waals surface area contributed by atoms with Crippen LogP contribution in [-0.2, 0) is 6.42 Å². The van der Waals surface area contributed by atoms with E-state index in [4.69, 9.17) is 11.6 Å². The zero-order valence-electron chi connectivity index (χ0n) is 9.08. The molecule has 1 saturated heterocycles. The number of carbonyl (C=O) groups excluding carboxylic acids is 1. The van der Waals surface area contributed by atoms with E-state index in [1.165, 1.54) is 12.8 Å². The molecule has 3 rings (SSSR count). The average molecular weight is 236 g/mol. The van der Waals surface area contributed by atoms with E-state index in [0.717, 1.165) is 35.7 Å². The Bertz CT molecular complexity index is 438. The molecule has 1 fully saturated rings. The standard InChI is InChI=1S/C13H14ClNO/c14-11-5-3-4-9-10(11)8-12(13(9)16)15-6-1-2-7-15/h3-5,12H,1-2,6-8H2. The van der Waals surface area contributed by atoms with Crippen molar-refractivity contribution < 1.29 is 4.79 Å². The lowest BCUT2D eigenvalue weighted by atomic mass is 10.1. The second-order valence-electron chi connectivity index (χ2n) is 4.59. The van der Waals surface area contributed by atoms with Crippen molar-refractivity contribution in [2.45, 2.75) is 25.3 Å². The number of ketones is 1. The van der Waals surface area contributed by atoms with Gasteiger partial charge in [0.2, 0.25) is 0 Å². The molecular formula is C13H14ClNO. The van der Waals surface area contributed by atoms with Crippen molar-refractivity contribution in [1.82, 2.24) is 4.90 Å². The van der Waals surface area contributed by atoms with Crippen LogP contribution in [0.5, 0.6) is 0 Å². The first kappa shape index (κ1) is 10.3. The van der Waals surface area contributed by atoms with Gasteiger partial charge in [-0.1, -0.05) is 23.7 Å². The van der Waals surface area contributed by atoms with Crippen molar-refractivity contribution in [2.75, 3.05) is 13.1 Å². The number of hydrogen-bond acceptors (Lipinski definition) is 2. The first-order valence-electron chi connectivity index (χ1n) is 5.83. The van der Waals surface area contributed by atoms with Gasteiger partial charge >= 0.3 is 0 Å². The third-order valence-corrected chi connectivity index (χ3v) is 4.02. The molecule has 16 heavy (non-hydrogen) atoms. The summed E-state index contributed by atoms with van der Waals surface area (Å²) >= 11 is 6.14.